The molecule has 0 aliphatic rings. The number of nitrogens with one attached hydrogen (secondary N) is 1. The van der Waals surface area contributed by atoms with Crippen LogP contribution in [-0.4, -0.2) is 16.9 Å². The highest BCUT2D eigenvalue weighted by molar-refractivity contribution is 5.78. The summed E-state index contributed by atoms with van der Waals surface area (Å²) in [6.07, 6.45) is 0.361. The number of aromatic nitrogens is 1. The Morgan fingerprint density at radius 1 is 1.50 bits per heavy atom. The first-order chi connectivity index (χ1) is 6.58. The van der Waals surface area contributed by atoms with E-state index in [-0.39, 0.29) is 11.9 Å². The standard InChI is InChI=1S/C11H16N2O/c1-8(2)12-11(14)7-10-6-4-5-9(3)13-10/h4-6,8H,7H2,1-3H3,(H,12,14). The van der Waals surface area contributed by atoms with Gasteiger partial charge in [-0.05, 0) is 32.9 Å². The van der Waals surface area contributed by atoms with Crippen molar-refractivity contribution in [2.24, 2.45) is 0 Å². The molecule has 0 radical (unpaired) electrons. The van der Waals surface area contributed by atoms with Crippen LogP contribution >= 0.6 is 0 Å². The van der Waals surface area contributed by atoms with Crippen LogP contribution in [-0.2, 0) is 11.2 Å². The van der Waals surface area contributed by atoms with Crippen LogP contribution in [0.4, 0.5) is 0 Å². The molecule has 0 aromatic carbocycles. The maximum absolute atomic E-state index is 11.4. The number of aryl methyl sites for hydroxylation is 1. The lowest BCUT2D eigenvalue weighted by Gasteiger charge is -2.07. The number of hydrogen-bond acceptors (Lipinski definition) is 2. The molecule has 1 rings (SSSR count). The fourth-order valence-corrected chi connectivity index (χ4v) is 1.24. The highest BCUT2D eigenvalue weighted by Gasteiger charge is 2.05. The Balaban J connectivity index is 2.56. The molecule has 1 amide bonds. The molecule has 1 N–H and O–H groups in total. The van der Waals surface area contributed by atoms with Crippen LogP contribution in [0.2, 0.25) is 0 Å². The first-order valence-electron chi connectivity index (χ1n) is 4.80. The minimum atomic E-state index is 0.0260. The zero-order valence-electron chi connectivity index (χ0n) is 8.87. The van der Waals surface area contributed by atoms with E-state index in [1.165, 1.54) is 0 Å². The number of carbonyl (C=O) groups excluding carboxylic acids is 1. The van der Waals surface area contributed by atoms with Gasteiger partial charge in [0, 0.05) is 17.4 Å². The first-order valence-corrected chi connectivity index (χ1v) is 4.80. The second-order valence-corrected chi connectivity index (χ2v) is 3.67. The SMILES string of the molecule is Cc1cccc(CC(=O)NC(C)C)n1. The van der Waals surface area contributed by atoms with Crippen LogP contribution in [0.1, 0.15) is 25.2 Å². The Labute approximate surface area is 84.6 Å². The van der Waals surface area contributed by atoms with Crippen molar-refractivity contribution in [2.75, 3.05) is 0 Å². The topological polar surface area (TPSA) is 42.0 Å². The highest BCUT2D eigenvalue weighted by atomic mass is 16.1. The molecule has 1 aromatic rings. The van der Waals surface area contributed by atoms with Crippen LogP contribution in [0.3, 0.4) is 0 Å². The highest BCUT2D eigenvalue weighted by Crippen LogP contribution is 1.99. The van der Waals surface area contributed by atoms with Gasteiger partial charge < -0.3 is 5.32 Å². The lowest BCUT2D eigenvalue weighted by atomic mass is 10.2. The molecule has 0 aliphatic heterocycles. The van der Waals surface area contributed by atoms with Gasteiger partial charge in [0.15, 0.2) is 0 Å². The molecule has 14 heavy (non-hydrogen) atoms. The zero-order chi connectivity index (χ0) is 10.6. The molecule has 0 spiro atoms. The summed E-state index contributed by atoms with van der Waals surface area (Å²) in [7, 11) is 0. The van der Waals surface area contributed by atoms with Gasteiger partial charge in [-0.2, -0.15) is 0 Å². The van der Waals surface area contributed by atoms with E-state index >= 15 is 0 Å². The van der Waals surface area contributed by atoms with E-state index < -0.39 is 0 Å². The van der Waals surface area contributed by atoms with E-state index in [4.69, 9.17) is 0 Å². The van der Waals surface area contributed by atoms with Crippen LogP contribution in [0.5, 0.6) is 0 Å². The third kappa shape index (κ3) is 3.56. The Kier molecular flexibility index (Phi) is 3.63. The monoisotopic (exact) mass is 192 g/mol. The van der Waals surface area contributed by atoms with Crippen molar-refractivity contribution in [3.8, 4) is 0 Å². The molecule has 1 heterocycles. The molecule has 76 valence electrons. The Bertz CT molecular complexity index is 321. The van der Waals surface area contributed by atoms with Gasteiger partial charge in [0.25, 0.3) is 0 Å². The number of rotatable bonds is 3. The van der Waals surface area contributed by atoms with Crippen molar-refractivity contribution < 1.29 is 4.79 Å². The molecule has 0 bridgehead atoms. The molecule has 3 nitrogen and oxygen atoms in total. The van der Waals surface area contributed by atoms with E-state index in [1.54, 1.807) is 0 Å². The van der Waals surface area contributed by atoms with Gasteiger partial charge in [0.05, 0.1) is 6.42 Å². The lowest BCUT2D eigenvalue weighted by Crippen LogP contribution is -2.31. The third-order valence-electron chi connectivity index (χ3n) is 1.74. The lowest BCUT2D eigenvalue weighted by molar-refractivity contribution is -0.120. The van der Waals surface area contributed by atoms with E-state index in [0.29, 0.717) is 6.42 Å². The summed E-state index contributed by atoms with van der Waals surface area (Å²) in [4.78, 5) is 15.6. The van der Waals surface area contributed by atoms with E-state index in [0.717, 1.165) is 11.4 Å². The summed E-state index contributed by atoms with van der Waals surface area (Å²) in [6, 6.07) is 5.89. The van der Waals surface area contributed by atoms with Crippen LogP contribution in [0, 0.1) is 6.92 Å². The van der Waals surface area contributed by atoms with Gasteiger partial charge in [0.2, 0.25) is 5.91 Å². The van der Waals surface area contributed by atoms with Gasteiger partial charge in [0.1, 0.15) is 0 Å². The number of nitrogens with zero attached hydrogens (tertiary/aromatic N) is 1. The van der Waals surface area contributed by atoms with E-state index in [2.05, 4.69) is 10.3 Å². The molecule has 0 fully saturated rings. The zero-order valence-corrected chi connectivity index (χ0v) is 8.87. The van der Waals surface area contributed by atoms with Crippen LogP contribution in [0.15, 0.2) is 18.2 Å². The molecule has 1 aromatic heterocycles. The Hall–Kier alpha value is -1.38. The number of hydrogen-bond donors (Lipinski definition) is 1. The van der Waals surface area contributed by atoms with Crippen LogP contribution < -0.4 is 5.32 Å². The average molecular weight is 192 g/mol. The molecule has 0 atom stereocenters. The second kappa shape index (κ2) is 4.74. The molecule has 0 aliphatic carbocycles. The summed E-state index contributed by atoms with van der Waals surface area (Å²) in [6.45, 7) is 5.81. The Morgan fingerprint density at radius 2 is 2.21 bits per heavy atom. The minimum Gasteiger partial charge on any atom is -0.354 e. The number of carbonyl (C=O) groups is 1. The molecule has 3 heteroatoms. The van der Waals surface area contributed by atoms with Crippen molar-refractivity contribution in [3.63, 3.8) is 0 Å². The average Bonchev–Trinajstić information content (AvgIpc) is 2.01. The van der Waals surface area contributed by atoms with Crippen molar-refractivity contribution in [3.05, 3.63) is 29.6 Å². The van der Waals surface area contributed by atoms with Crippen molar-refractivity contribution >= 4 is 5.91 Å². The van der Waals surface area contributed by atoms with Gasteiger partial charge >= 0.3 is 0 Å². The van der Waals surface area contributed by atoms with E-state index in [1.807, 2.05) is 39.0 Å². The normalized spacial score (nSPS) is 10.3. The van der Waals surface area contributed by atoms with Gasteiger partial charge in [-0.15, -0.1) is 0 Å². The fourth-order valence-electron chi connectivity index (χ4n) is 1.24. The van der Waals surface area contributed by atoms with Crippen molar-refractivity contribution in [1.82, 2.24) is 10.3 Å². The first kappa shape index (κ1) is 10.7. The smallest absolute Gasteiger partial charge is 0.226 e. The number of amides is 1. The van der Waals surface area contributed by atoms with Crippen molar-refractivity contribution in [2.45, 2.75) is 33.2 Å². The summed E-state index contributed by atoms with van der Waals surface area (Å²) in [5.41, 5.74) is 1.77. The van der Waals surface area contributed by atoms with Gasteiger partial charge in [-0.3, -0.25) is 9.78 Å². The summed E-state index contributed by atoms with van der Waals surface area (Å²) in [5, 5.41) is 2.83. The van der Waals surface area contributed by atoms with E-state index in [9.17, 15) is 4.79 Å². The summed E-state index contributed by atoms with van der Waals surface area (Å²) < 4.78 is 0. The molecule has 0 unspecified atom stereocenters. The predicted octanol–water partition coefficient (Wildman–Crippen LogP) is 1.46. The summed E-state index contributed by atoms with van der Waals surface area (Å²) in [5.74, 6) is 0.0260. The van der Waals surface area contributed by atoms with Gasteiger partial charge in [-0.1, -0.05) is 6.07 Å². The predicted molar refractivity (Wildman–Crippen MR) is 56.0 cm³/mol. The van der Waals surface area contributed by atoms with Crippen LogP contribution in [0.25, 0.3) is 0 Å². The Morgan fingerprint density at radius 3 is 2.79 bits per heavy atom. The quantitative estimate of drug-likeness (QED) is 0.787. The molecular weight excluding hydrogens is 176 g/mol. The molecule has 0 saturated carbocycles. The minimum absolute atomic E-state index is 0.0260. The maximum atomic E-state index is 11.4. The molecular formula is C11H16N2O. The summed E-state index contributed by atoms with van der Waals surface area (Å²) >= 11 is 0. The third-order valence-corrected chi connectivity index (χ3v) is 1.74. The van der Waals surface area contributed by atoms with Crippen molar-refractivity contribution in [1.29, 1.82) is 0 Å². The molecule has 0 saturated heterocycles. The maximum Gasteiger partial charge on any atom is 0.226 e. The fraction of sp³-hybridized carbons (Fsp3) is 0.455. The van der Waals surface area contributed by atoms with Gasteiger partial charge in [-0.25, -0.2) is 0 Å². The second-order valence-electron chi connectivity index (χ2n) is 3.67. The number of pyridine rings is 1. The largest absolute Gasteiger partial charge is 0.354 e.